The highest BCUT2D eigenvalue weighted by molar-refractivity contribution is 14.0. The summed E-state index contributed by atoms with van der Waals surface area (Å²) in [5.74, 6) is 1.56. The van der Waals surface area contributed by atoms with Gasteiger partial charge in [-0.25, -0.2) is 0 Å². The van der Waals surface area contributed by atoms with Crippen LogP contribution in [0.4, 0.5) is 13.2 Å². The van der Waals surface area contributed by atoms with Gasteiger partial charge in [-0.15, -0.1) is 24.0 Å². The van der Waals surface area contributed by atoms with Gasteiger partial charge in [-0.1, -0.05) is 25.1 Å². The molecule has 164 valence electrons. The summed E-state index contributed by atoms with van der Waals surface area (Å²) < 4.78 is 45.2. The molecule has 0 bridgehead atoms. The number of halogens is 4. The minimum Gasteiger partial charge on any atom is -0.381 e. The lowest BCUT2D eigenvalue weighted by Gasteiger charge is -2.40. The minimum atomic E-state index is -4.34. The zero-order chi connectivity index (χ0) is 20.2. The number of likely N-dealkylation sites (tertiary alicyclic amines) is 1. The Balaban J connectivity index is 0.00000300. The van der Waals surface area contributed by atoms with E-state index in [2.05, 4.69) is 22.1 Å². The molecule has 0 aromatic heterocycles. The van der Waals surface area contributed by atoms with Gasteiger partial charge in [0.1, 0.15) is 0 Å². The fraction of sp³-hybridized carbons (Fsp3) is 0.667. The molecule has 2 aliphatic heterocycles. The Morgan fingerprint density at radius 2 is 1.90 bits per heavy atom. The van der Waals surface area contributed by atoms with Gasteiger partial charge in [0.2, 0.25) is 0 Å². The van der Waals surface area contributed by atoms with Crippen molar-refractivity contribution in [2.24, 2.45) is 10.9 Å². The first kappa shape index (κ1) is 24.2. The fourth-order valence-electron chi connectivity index (χ4n) is 4.16. The Hall–Kier alpha value is -1.03. The third-order valence-electron chi connectivity index (χ3n) is 6.13. The van der Waals surface area contributed by atoms with Crippen LogP contribution >= 0.6 is 24.0 Å². The standard InChI is InChI=1S/C21H30F3N3O.HI/c1-16-6-10-27(11-7-16)19(25-2)26-15-20(8-12-28-13-9-20)17-4-3-5-18(14-17)21(22,23)24;/h3-5,14,16H,6-13,15H2,1-2H3,(H,25,26);1H. The van der Waals surface area contributed by atoms with Gasteiger partial charge in [-0.3, -0.25) is 4.99 Å². The van der Waals surface area contributed by atoms with E-state index in [1.807, 2.05) is 6.07 Å². The molecule has 29 heavy (non-hydrogen) atoms. The average molecular weight is 525 g/mol. The third-order valence-corrected chi connectivity index (χ3v) is 6.13. The van der Waals surface area contributed by atoms with E-state index in [9.17, 15) is 13.2 Å². The summed E-state index contributed by atoms with van der Waals surface area (Å²) in [5.41, 5.74) is -0.260. The van der Waals surface area contributed by atoms with Crippen molar-refractivity contribution in [1.82, 2.24) is 10.2 Å². The van der Waals surface area contributed by atoms with E-state index in [0.717, 1.165) is 49.4 Å². The largest absolute Gasteiger partial charge is 0.416 e. The van der Waals surface area contributed by atoms with Crippen LogP contribution in [0.25, 0.3) is 0 Å². The van der Waals surface area contributed by atoms with Crippen LogP contribution in [0, 0.1) is 5.92 Å². The molecule has 1 N–H and O–H groups in total. The molecule has 0 saturated carbocycles. The number of piperidine rings is 1. The molecule has 2 aliphatic rings. The summed E-state index contributed by atoms with van der Waals surface area (Å²) in [6.07, 6.45) is -0.693. The summed E-state index contributed by atoms with van der Waals surface area (Å²) >= 11 is 0. The summed E-state index contributed by atoms with van der Waals surface area (Å²) in [4.78, 5) is 6.67. The predicted molar refractivity (Wildman–Crippen MR) is 120 cm³/mol. The maximum absolute atomic E-state index is 13.2. The Labute approximate surface area is 188 Å². The maximum Gasteiger partial charge on any atom is 0.416 e. The van der Waals surface area contributed by atoms with Crippen molar-refractivity contribution < 1.29 is 17.9 Å². The highest BCUT2D eigenvalue weighted by Gasteiger charge is 2.38. The van der Waals surface area contributed by atoms with Crippen molar-refractivity contribution in [1.29, 1.82) is 0 Å². The van der Waals surface area contributed by atoms with Crippen molar-refractivity contribution in [3.05, 3.63) is 35.4 Å². The molecule has 3 rings (SSSR count). The molecule has 0 aliphatic carbocycles. The first-order valence-corrected chi connectivity index (χ1v) is 10.1. The van der Waals surface area contributed by atoms with Crippen molar-refractivity contribution in [2.75, 3.05) is 39.9 Å². The molecule has 1 aromatic carbocycles. The molecule has 0 unspecified atom stereocenters. The molecular formula is C21H31F3IN3O. The van der Waals surface area contributed by atoms with Crippen LogP contribution in [0.3, 0.4) is 0 Å². The minimum absolute atomic E-state index is 0. The first-order valence-electron chi connectivity index (χ1n) is 10.1. The lowest BCUT2D eigenvalue weighted by molar-refractivity contribution is -0.137. The van der Waals surface area contributed by atoms with Gasteiger partial charge in [0.15, 0.2) is 5.96 Å². The number of alkyl halides is 3. The van der Waals surface area contributed by atoms with E-state index in [1.54, 1.807) is 7.05 Å². The molecule has 1 aromatic rings. The van der Waals surface area contributed by atoms with Crippen molar-refractivity contribution in [2.45, 2.75) is 44.2 Å². The fourth-order valence-corrected chi connectivity index (χ4v) is 4.16. The Kier molecular flexibility index (Phi) is 8.63. The monoisotopic (exact) mass is 525 g/mol. The van der Waals surface area contributed by atoms with Crippen LogP contribution in [0.5, 0.6) is 0 Å². The summed E-state index contributed by atoms with van der Waals surface area (Å²) in [7, 11) is 1.77. The number of nitrogens with one attached hydrogen (secondary N) is 1. The molecule has 8 heteroatoms. The van der Waals surface area contributed by atoms with Gasteiger partial charge >= 0.3 is 6.18 Å². The number of ether oxygens (including phenoxy) is 1. The van der Waals surface area contributed by atoms with Crippen LogP contribution in [0.2, 0.25) is 0 Å². The lowest BCUT2D eigenvalue weighted by Crippen LogP contribution is -2.51. The van der Waals surface area contributed by atoms with E-state index in [4.69, 9.17) is 4.74 Å². The molecule has 2 fully saturated rings. The molecule has 2 heterocycles. The number of aliphatic imine (C=N–C) groups is 1. The number of benzene rings is 1. The van der Waals surface area contributed by atoms with Crippen LogP contribution in [0.15, 0.2) is 29.3 Å². The summed E-state index contributed by atoms with van der Waals surface area (Å²) in [5, 5.41) is 3.46. The van der Waals surface area contributed by atoms with Crippen molar-refractivity contribution >= 4 is 29.9 Å². The number of nitrogens with zero attached hydrogens (tertiary/aromatic N) is 2. The molecule has 0 radical (unpaired) electrons. The number of hydrogen-bond acceptors (Lipinski definition) is 2. The van der Waals surface area contributed by atoms with E-state index in [-0.39, 0.29) is 24.0 Å². The maximum atomic E-state index is 13.2. The Bertz CT molecular complexity index is 682. The quantitative estimate of drug-likeness (QED) is 0.354. The smallest absolute Gasteiger partial charge is 0.381 e. The molecular weight excluding hydrogens is 494 g/mol. The average Bonchev–Trinajstić information content (AvgIpc) is 2.70. The van der Waals surface area contributed by atoms with Gasteiger partial charge in [-0.05, 0) is 43.2 Å². The van der Waals surface area contributed by atoms with Gasteiger partial charge < -0.3 is 15.0 Å². The molecule has 2 saturated heterocycles. The van der Waals surface area contributed by atoms with E-state index in [0.29, 0.717) is 32.6 Å². The van der Waals surface area contributed by atoms with Crippen molar-refractivity contribution in [3.8, 4) is 0 Å². The van der Waals surface area contributed by atoms with Gasteiger partial charge in [0.05, 0.1) is 5.56 Å². The summed E-state index contributed by atoms with van der Waals surface area (Å²) in [6.45, 7) is 5.84. The zero-order valence-corrected chi connectivity index (χ0v) is 19.4. The Morgan fingerprint density at radius 3 is 2.48 bits per heavy atom. The topological polar surface area (TPSA) is 36.9 Å². The number of guanidine groups is 1. The second kappa shape index (κ2) is 10.3. The molecule has 4 nitrogen and oxygen atoms in total. The number of hydrogen-bond donors (Lipinski definition) is 1. The lowest BCUT2D eigenvalue weighted by atomic mass is 9.73. The second-order valence-corrected chi connectivity index (χ2v) is 8.04. The SMILES string of the molecule is CN=C(NCC1(c2cccc(C(F)(F)F)c2)CCOCC1)N1CCC(C)CC1.I. The zero-order valence-electron chi connectivity index (χ0n) is 17.1. The Morgan fingerprint density at radius 1 is 1.24 bits per heavy atom. The van der Waals surface area contributed by atoms with Crippen molar-refractivity contribution in [3.63, 3.8) is 0 Å². The van der Waals surface area contributed by atoms with E-state index >= 15 is 0 Å². The first-order chi connectivity index (χ1) is 13.3. The molecule has 0 amide bonds. The predicted octanol–water partition coefficient (Wildman–Crippen LogP) is 4.68. The summed E-state index contributed by atoms with van der Waals surface area (Å²) in [6, 6.07) is 5.76. The molecule has 0 atom stereocenters. The van der Waals surface area contributed by atoms with Gasteiger partial charge in [0.25, 0.3) is 0 Å². The number of rotatable bonds is 3. The second-order valence-electron chi connectivity index (χ2n) is 8.04. The van der Waals surface area contributed by atoms with E-state index < -0.39 is 17.2 Å². The van der Waals surface area contributed by atoms with Gasteiger partial charge in [0, 0.05) is 45.3 Å². The third kappa shape index (κ3) is 5.99. The molecule has 0 spiro atoms. The highest BCUT2D eigenvalue weighted by Crippen LogP contribution is 2.38. The highest BCUT2D eigenvalue weighted by atomic mass is 127. The normalized spacial score (nSPS) is 20.9. The van der Waals surface area contributed by atoms with Crippen LogP contribution < -0.4 is 5.32 Å². The van der Waals surface area contributed by atoms with E-state index in [1.165, 1.54) is 12.1 Å². The van der Waals surface area contributed by atoms with Crippen LogP contribution in [-0.2, 0) is 16.3 Å². The van der Waals surface area contributed by atoms with Gasteiger partial charge in [-0.2, -0.15) is 13.2 Å². The van der Waals surface area contributed by atoms with Crippen LogP contribution in [-0.4, -0.2) is 50.8 Å². The van der Waals surface area contributed by atoms with Crippen LogP contribution in [0.1, 0.15) is 43.7 Å².